The Morgan fingerprint density at radius 1 is 1.42 bits per heavy atom. The molecule has 0 saturated heterocycles. The number of rotatable bonds is 2. The Balaban J connectivity index is 2.03. The molecule has 1 fully saturated rings. The minimum atomic E-state index is -0.184. The highest BCUT2D eigenvalue weighted by Crippen LogP contribution is 2.29. The molecule has 0 aromatic carbocycles. The summed E-state index contributed by atoms with van der Waals surface area (Å²) in [6.45, 7) is 4.50. The molecule has 4 nitrogen and oxygen atoms in total. The van der Waals surface area contributed by atoms with E-state index in [1.807, 2.05) is 0 Å². The van der Waals surface area contributed by atoms with Gasteiger partial charge in [0.15, 0.2) is 0 Å². The number of pyridine rings is 1. The van der Waals surface area contributed by atoms with Gasteiger partial charge in [0, 0.05) is 6.04 Å². The first kappa shape index (κ1) is 14.1. The summed E-state index contributed by atoms with van der Waals surface area (Å²) in [6, 6.07) is 1.79. The van der Waals surface area contributed by atoms with Gasteiger partial charge in [0.1, 0.15) is 5.15 Å². The molecule has 2 rings (SSSR count). The number of aromatic nitrogens is 1. The van der Waals surface area contributed by atoms with Crippen LogP contribution in [0.4, 0.5) is 5.69 Å². The lowest BCUT2D eigenvalue weighted by molar-refractivity contribution is 0.0910. The van der Waals surface area contributed by atoms with Crippen molar-refractivity contribution in [2.45, 2.75) is 39.2 Å². The molecular formula is C14H20ClN3O. The maximum atomic E-state index is 12.2. The molecule has 0 bridgehead atoms. The number of hydrogen-bond donors (Lipinski definition) is 2. The van der Waals surface area contributed by atoms with Crippen LogP contribution >= 0.6 is 11.6 Å². The van der Waals surface area contributed by atoms with Crippen molar-refractivity contribution in [3.63, 3.8) is 0 Å². The van der Waals surface area contributed by atoms with Crippen LogP contribution in [0, 0.1) is 11.8 Å². The summed E-state index contributed by atoms with van der Waals surface area (Å²) in [5.74, 6) is 1.18. The minimum absolute atomic E-state index is 0.184. The first-order valence-corrected chi connectivity index (χ1v) is 7.07. The lowest BCUT2D eigenvalue weighted by atomic mass is 9.79. The molecule has 1 aliphatic carbocycles. The summed E-state index contributed by atoms with van der Waals surface area (Å²) in [5, 5.41) is 3.23. The average molecular weight is 282 g/mol. The number of carbonyl (C=O) groups is 1. The van der Waals surface area contributed by atoms with Crippen molar-refractivity contribution in [2.75, 3.05) is 5.73 Å². The number of nitrogens with two attached hydrogens (primary N) is 1. The third-order valence-corrected chi connectivity index (χ3v) is 4.34. The van der Waals surface area contributed by atoms with Gasteiger partial charge in [0.25, 0.3) is 5.91 Å². The fourth-order valence-corrected chi connectivity index (χ4v) is 2.75. The van der Waals surface area contributed by atoms with E-state index in [1.54, 1.807) is 6.07 Å². The van der Waals surface area contributed by atoms with E-state index in [2.05, 4.69) is 24.1 Å². The van der Waals surface area contributed by atoms with Gasteiger partial charge in [-0.05, 0) is 37.2 Å². The number of nitrogens with zero attached hydrogens (tertiary/aromatic N) is 1. The quantitative estimate of drug-likeness (QED) is 0.819. The van der Waals surface area contributed by atoms with Crippen LogP contribution < -0.4 is 11.1 Å². The van der Waals surface area contributed by atoms with Crippen molar-refractivity contribution >= 4 is 23.2 Å². The highest BCUT2D eigenvalue weighted by atomic mass is 35.5. The van der Waals surface area contributed by atoms with E-state index >= 15 is 0 Å². The lowest BCUT2D eigenvalue weighted by Crippen LogP contribution is -2.40. The summed E-state index contributed by atoms with van der Waals surface area (Å²) < 4.78 is 0. The van der Waals surface area contributed by atoms with Gasteiger partial charge >= 0.3 is 0 Å². The predicted molar refractivity (Wildman–Crippen MR) is 77.1 cm³/mol. The molecule has 104 valence electrons. The molecule has 3 unspecified atom stereocenters. The highest BCUT2D eigenvalue weighted by Gasteiger charge is 2.26. The third kappa shape index (κ3) is 3.38. The van der Waals surface area contributed by atoms with E-state index in [9.17, 15) is 4.79 Å². The number of amides is 1. The van der Waals surface area contributed by atoms with Gasteiger partial charge in [-0.15, -0.1) is 0 Å². The second-order valence-corrected chi connectivity index (χ2v) is 5.90. The molecule has 3 N–H and O–H groups in total. The van der Waals surface area contributed by atoms with Crippen molar-refractivity contribution in [1.29, 1.82) is 0 Å². The Morgan fingerprint density at radius 2 is 2.16 bits per heavy atom. The molecule has 0 aliphatic heterocycles. The van der Waals surface area contributed by atoms with Gasteiger partial charge in [-0.2, -0.15) is 0 Å². The van der Waals surface area contributed by atoms with Crippen LogP contribution in [-0.2, 0) is 0 Å². The molecule has 0 radical (unpaired) electrons. The largest absolute Gasteiger partial charge is 0.397 e. The molecule has 1 amide bonds. The van der Waals surface area contributed by atoms with Crippen molar-refractivity contribution in [3.8, 4) is 0 Å². The Morgan fingerprint density at radius 3 is 2.84 bits per heavy atom. The van der Waals surface area contributed by atoms with E-state index in [0.29, 0.717) is 17.2 Å². The fourth-order valence-electron chi connectivity index (χ4n) is 2.57. The van der Waals surface area contributed by atoms with E-state index in [4.69, 9.17) is 17.3 Å². The van der Waals surface area contributed by atoms with Gasteiger partial charge in [0.2, 0.25) is 0 Å². The molecule has 1 aromatic rings. The van der Waals surface area contributed by atoms with Crippen molar-refractivity contribution in [3.05, 3.63) is 23.0 Å². The van der Waals surface area contributed by atoms with Gasteiger partial charge < -0.3 is 11.1 Å². The zero-order valence-corrected chi connectivity index (χ0v) is 12.1. The van der Waals surface area contributed by atoms with E-state index in [1.165, 1.54) is 6.20 Å². The van der Waals surface area contributed by atoms with E-state index in [0.717, 1.165) is 25.2 Å². The Bertz CT molecular complexity index is 478. The highest BCUT2D eigenvalue weighted by molar-refractivity contribution is 6.32. The fraction of sp³-hybridized carbons (Fsp3) is 0.571. The maximum absolute atomic E-state index is 12.2. The summed E-state index contributed by atoms with van der Waals surface area (Å²) in [4.78, 5) is 16.1. The summed E-state index contributed by atoms with van der Waals surface area (Å²) in [5.41, 5.74) is 6.44. The summed E-state index contributed by atoms with van der Waals surface area (Å²) in [7, 11) is 0. The average Bonchev–Trinajstić information content (AvgIpc) is 2.36. The predicted octanol–water partition coefficient (Wildman–Crippen LogP) is 2.87. The number of nitrogen functional groups attached to an aromatic ring is 1. The zero-order chi connectivity index (χ0) is 14.0. The number of halogens is 1. The number of anilines is 1. The van der Waals surface area contributed by atoms with E-state index < -0.39 is 0 Å². The van der Waals surface area contributed by atoms with Crippen LogP contribution in [0.1, 0.15) is 43.5 Å². The maximum Gasteiger partial charge on any atom is 0.254 e. The second kappa shape index (κ2) is 5.78. The van der Waals surface area contributed by atoms with Crippen LogP contribution in [0.15, 0.2) is 12.3 Å². The Kier molecular flexibility index (Phi) is 4.30. The smallest absolute Gasteiger partial charge is 0.254 e. The van der Waals surface area contributed by atoms with Crippen LogP contribution in [0.3, 0.4) is 0 Å². The second-order valence-electron chi connectivity index (χ2n) is 5.55. The topological polar surface area (TPSA) is 68.0 Å². The van der Waals surface area contributed by atoms with Gasteiger partial charge in [-0.3, -0.25) is 4.79 Å². The summed E-state index contributed by atoms with van der Waals surface area (Å²) in [6.07, 6.45) is 4.63. The molecular weight excluding hydrogens is 262 g/mol. The van der Waals surface area contributed by atoms with Gasteiger partial charge in [-0.25, -0.2) is 4.98 Å². The Labute approximate surface area is 118 Å². The SMILES string of the molecule is CC1CCC(NC(=O)c2cc(N)cnc2Cl)CC1C. The standard InChI is InChI=1S/C14H20ClN3O/c1-8-3-4-11(5-9(8)2)18-14(19)12-6-10(16)7-17-13(12)15/h6-9,11H,3-5,16H2,1-2H3,(H,18,19). The van der Waals surface area contributed by atoms with Crippen LogP contribution in [0.5, 0.6) is 0 Å². The summed E-state index contributed by atoms with van der Waals surface area (Å²) >= 11 is 5.93. The zero-order valence-electron chi connectivity index (χ0n) is 11.3. The van der Waals surface area contributed by atoms with Crippen molar-refractivity contribution in [2.24, 2.45) is 11.8 Å². The van der Waals surface area contributed by atoms with E-state index in [-0.39, 0.29) is 17.1 Å². The van der Waals surface area contributed by atoms with Crippen molar-refractivity contribution in [1.82, 2.24) is 10.3 Å². The van der Waals surface area contributed by atoms with Gasteiger partial charge in [0.05, 0.1) is 17.4 Å². The minimum Gasteiger partial charge on any atom is -0.397 e. The number of nitrogens with one attached hydrogen (secondary N) is 1. The molecule has 1 aliphatic rings. The third-order valence-electron chi connectivity index (χ3n) is 4.04. The Hall–Kier alpha value is -1.29. The molecule has 1 aromatic heterocycles. The molecule has 19 heavy (non-hydrogen) atoms. The normalized spacial score (nSPS) is 27.0. The molecule has 5 heteroatoms. The first-order valence-electron chi connectivity index (χ1n) is 6.69. The van der Waals surface area contributed by atoms with Crippen LogP contribution in [-0.4, -0.2) is 16.9 Å². The lowest BCUT2D eigenvalue weighted by Gasteiger charge is -2.32. The number of carbonyl (C=O) groups excluding carboxylic acids is 1. The number of hydrogen-bond acceptors (Lipinski definition) is 3. The monoisotopic (exact) mass is 281 g/mol. The molecule has 1 heterocycles. The van der Waals surface area contributed by atoms with Gasteiger partial charge in [-0.1, -0.05) is 25.4 Å². The van der Waals surface area contributed by atoms with Crippen LogP contribution in [0.25, 0.3) is 0 Å². The first-order chi connectivity index (χ1) is 8.97. The molecule has 1 saturated carbocycles. The molecule has 0 spiro atoms. The van der Waals surface area contributed by atoms with Crippen LogP contribution in [0.2, 0.25) is 5.15 Å². The molecule has 3 atom stereocenters. The van der Waals surface area contributed by atoms with Crippen molar-refractivity contribution < 1.29 is 4.79 Å².